The molecule has 0 aliphatic heterocycles. The van der Waals surface area contributed by atoms with Crippen molar-refractivity contribution in [3.8, 4) is 5.75 Å². The van der Waals surface area contributed by atoms with Crippen LogP contribution in [0.3, 0.4) is 0 Å². The molecule has 20 heavy (non-hydrogen) atoms. The van der Waals surface area contributed by atoms with E-state index in [0.717, 1.165) is 9.32 Å². The number of halogens is 2. The average molecular weight is 402 g/mol. The SMILES string of the molecule is O=C(NCCOc1ccc(Cl)cc1)c1ccccc1I. The Morgan fingerprint density at radius 3 is 2.55 bits per heavy atom. The van der Waals surface area contributed by atoms with Crippen molar-refractivity contribution in [2.75, 3.05) is 13.2 Å². The third-order valence-corrected chi connectivity index (χ3v) is 3.78. The second-order valence-electron chi connectivity index (χ2n) is 4.04. The summed E-state index contributed by atoms with van der Waals surface area (Å²) in [5.41, 5.74) is 0.680. The van der Waals surface area contributed by atoms with Crippen LogP contribution in [-0.2, 0) is 0 Å². The highest BCUT2D eigenvalue weighted by Gasteiger charge is 2.07. The minimum absolute atomic E-state index is 0.0882. The van der Waals surface area contributed by atoms with Gasteiger partial charge in [0.2, 0.25) is 0 Å². The van der Waals surface area contributed by atoms with Crippen molar-refractivity contribution in [3.05, 3.63) is 62.7 Å². The van der Waals surface area contributed by atoms with Crippen LogP contribution in [0.4, 0.5) is 0 Å². The largest absolute Gasteiger partial charge is 0.492 e. The van der Waals surface area contributed by atoms with Crippen LogP contribution >= 0.6 is 34.2 Å². The van der Waals surface area contributed by atoms with Crippen molar-refractivity contribution in [1.29, 1.82) is 0 Å². The lowest BCUT2D eigenvalue weighted by Crippen LogP contribution is -2.28. The van der Waals surface area contributed by atoms with E-state index in [-0.39, 0.29) is 5.91 Å². The Bertz CT molecular complexity index is 587. The molecule has 2 rings (SSSR count). The van der Waals surface area contributed by atoms with Crippen LogP contribution in [0.25, 0.3) is 0 Å². The van der Waals surface area contributed by atoms with E-state index in [9.17, 15) is 4.79 Å². The van der Waals surface area contributed by atoms with Gasteiger partial charge in [-0.05, 0) is 59.0 Å². The molecule has 0 saturated heterocycles. The second-order valence-corrected chi connectivity index (χ2v) is 5.64. The van der Waals surface area contributed by atoms with E-state index < -0.39 is 0 Å². The van der Waals surface area contributed by atoms with Crippen LogP contribution in [0.15, 0.2) is 48.5 Å². The summed E-state index contributed by atoms with van der Waals surface area (Å²) in [6.45, 7) is 0.864. The fourth-order valence-electron chi connectivity index (χ4n) is 1.60. The molecule has 0 bridgehead atoms. The molecule has 0 radical (unpaired) electrons. The Hall–Kier alpha value is -1.27. The molecule has 5 heteroatoms. The number of hydrogen-bond acceptors (Lipinski definition) is 2. The molecule has 0 fully saturated rings. The molecule has 0 saturated carbocycles. The van der Waals surface area contributed by atoms with Crippen LogP contribution in [0.5, 0.6) is 5.75 Å². The van der Waals surface area contributed by atoms with Crippen LogP contribution in [-0.4, -0.2) is 19.1 Å². The van der Waals surface area contributed by atoms with E-state index in [4.69, 9.17) is 16.3 Å². The zero-order chi connectivity index (χ0) is 14.4. The number of hydrogen-bond donors (Lipinski definition) is 1. The molecule has 0 aliphatic carbocycles. The molecule has 2 aromatic rings. The van der Waals surface area contributed by atoms with Gasteiger partial charge in [-0.3, -0.25) is 4.79 Å². The Balaban J connectivity index is 1.77. The summed E-state index contributed by atoms with van der Waals surface area (Å²) in [6, 6.07) is 14.6. The zero-order valence-electron chi connectivity index (χ0n) is 10.6. The summed E-state index contributed by atoms with van der Waals surface area (Å²) in [4.78, 5) is 11.9. The highest BCUT2D eigenvalue weighted by molar-refractivity contribution is 14.1. The van der Waals surface area contributed by atoms with Gasteiger partial charge >= 0.3 is 0 Å². The topological polar surface area (TPSA) is 38.3 Å². The van der Waals surface area contributed by atoms with Crippen LogP contribution in [0.1, 0.15) is 10.4 Å². The summed E-state index contributed by atoms with van der Waals surface area (Å²) in [5, 5.41) is 3.50. The van der Waals surface area contributed by atoms with Crippen LogP contribution < -0.4 is 10.1 Å². The first-order valence-electron chi connectivity index (χ1n) is 6.08. The standard InChI is InChI=1S/C15H13ClINO2/c16-11-5-7-12(8-6-11)20-10-9-18-15(19)13-3-1-2-4-14(13)17/h1-8H,9-10H2,(H,18,19). The van der Waals surface area contributed by atoms with Gasteiger partial charge in [-0.15, -0.1) is 0 Å². The Morgan fingerprint density at radius 2 is 1.85 bits per heavy atom. The number of ether oxygens (including phenoxy) is 1. The van der Waals surface area contributed by atoms with Crippen LogP contribution in [0.2, 0.25) is 5.02 Å². The van der Waals surface area contributed by atoms with Crippen molar-refractivity contribution < 1.29 is 9.53 Å². The summed E-state index contributed by atoms with van der Waals surface area (Å²) >= 11 is 7.93. The van der Waals surface area contributed by atoms with Crippen molar-refractivity contribution in [2.45, 2.75) is 0 Å². The monoisotopic (exact) mass is 401 g/mol. The smallest absolute Gasteiger partial charge is 0.252 e. The molecule has 1 N–H and O–H groups in total. The van der Waals surface area contributed by atoms with Crippen molar-refractivity contribution in [3.63, 3.8) is 0 Å². The summed E-state index contributed by atoms with van der Waals surface area (Å²) < 4.78 is 6.43. The predicted molar refractivity (Wildman–Crippen MR) is 88.4 cm³/mol. The predicted octanol–water partition coefficient (Wildman–Crippen LogP) is 3.75. The fourth-order valence-corrected chi connectivity index (χ4v) is 2.36. The molecule has 0 heterocycles. The molecule has 0 spiro atoms. The van der Waals surface area contributed by atoms with Gasteiger partial charge in [0.15, 0.2) is 0 Å². The van der Waals surface area contributed by atoms with Crippen molar-refractivity contribution in [2.24, 2.45) is 0 Å². The van der Waals surface area contributed by atoms with Gasteiger partial charge in [0.1, 0.15) is 12.4 Å². The molecule has 1 amide bonds. The highest BCUT2D eigenvalue weighted by Crippen LogP contribution is 2.15. The first-order valence-corrected chi connectivity index (χ1v) is 7.53. The highest BCUT2D eigenvalue weighted by atomic mass is 127. The van der Waals surface area contributed by atoms with Gasteiger partial charge in [0.25, 0.3) is 5.91 Å². The fraction of sp³-hybridized carbons (Fsp3) is 0.133. The molecule has 0 aliphatic rings. The van der Waals surface area contributed by atoms with Crippen molar-refractivity contribution in [1.82, 2.24) is 5.32 Å². The lowest BCUT2D eigenvalue weighted by Gasteiger charge is -2.08. The van der Waals surface area contributed by atoms with E-state index >= 15 is 0 Å². The number of nitrogens with one attached hydrogen (secondary N) is 1. The number of carbonyl (C=O) groups is 1. The van der Waals surface area contributed by atoms with E-state index in [2.05, 4.69) is 27.9 Å². The summed E-state index contributed by atoms with van der Waals surface area (Å²) in [7, 11) is 0. The Labute approximate surface area is 136 Å². The second kappa shape index (κ2) is 7.50. The maximum atomic E-state index is 11.9. The van der Waals surface area contributed by atoms with Gasteiger partial charge in [-0.25, -0.2) is 0 Å². The molecule has 104 valence electrons. The molecular weight excluding hydrogens is 389 g/mol. The first-order chi connectivity index (χ1) is 9.66. The van der Waals surface area contributed by atoms with Gasteiger partial charge < -0.3 is 10.1 Å². The third-order valence-electron chi connectivity index (χ3n) is 2.59. The number of benzene rings is 2. The van der Waals surface area contributed by atoms with E-state index in [1.807, 2.05) is 18.2 Å². The average Bonchev–Trinajstić information content (AvgIpc) is 2.46. The third kappa shape index (κ3) is 4.38. The van der Waals surface area contributed by atoms with Gasteiger partial charge in [-0.1, -0.05) is 23.7 Å². The normalized spacial score (nSPS) is 10.1. The maximum Gasteiger partial charge on any atom is 0.252 e. The minimum Gasteiger partial charge on any atom is -0.492 e. The molecule has 0 unspecified atom stereocenters. The minimum atomic E-state index is -0.0882. The first kappa shape index (κ1) is 15.1. The van der Waals surface area contributed by atoms with Crippen molar-refractivity contribution >= 4 is 40.1 Å². The van der Waals surface area contributed by atoms with E-state index in [1.54, 1.807) is 30.3 Å². The van der Waals surface area contributed by atoms with E-state index in [1.165, 1.54) is 0 Å². The molecule has 2 aromatic carbocycles. The van der Waals surface area contributed by atoms with Gasteiger partial charge in [0.05, 0.1) is 12.1 Å². The Morgan fingerprint density at radius 1 is 1.15 bits per heavy atom. The summed E-state index contributed by atoms with van der Waals surface area (Å²) in [6.07, 6.45) is 0. The Kier molecular flexibility index (Phi) is 5.67. The van der Waals surface area contributed by atoms with Gasteiger partial charge in [0, 0.05) is 8.59 Å². The molecule has 0 aromatic heterocycles. The quantitative estimate of drug-likeness (QED) is 0.612. The number of rotatable bonds is 5. The number of carbonyl (C=O) groups excluding carboxylic acids is 1. The maximum absolute atomic E-state index is 11.9. The molecule has 0 atom stereocenters. The summed E-state index contributed by atoms with van der Waals surface area (Å²) in [5.74, 6) is 0.646. The molecular formula is C15H13ClINO2. The lowest BCUT2D eigenvalue weighted by molar-refractivity contribution is 0.0946. The molecule has 3 nitrogen and oxygen atoms in total. The zero-order valence-corrected chi connectivity index (χ0v) is 13.5. The number of amides is 1. The van der Waals surface area contributed by atoms with Gasteiger partial charge in [-0.2, -0.15) is 0 Å². The lowest BCUT2D eigenvalue weighted by atomic mass is 10.2. The van der Waals surface area contributed by atoms with Crippen LogP contribution in [0, 0.1) is 3.57 Å². The van der Waals surface area contributed by atoms with E-state index in [0.29, 0.717) is 23.7 Å².